The van der Waals surface area contributed by atoms with Crippen LogP contribution in [-0.4, -0.2) is 134 Å². The second-order valence-corrected chi connectivity index (χ2v) is 13.6. The maximum Gasteiger partial charge on any atom is 0.338 e. The molecule has 1 aromatic carbocycles. The molecule has 5 aliphatic carbocycles. The van der Waals surface area contributed by atoms with Gasteiger partial charge in [-0.15, -0.1) is 17.0 Å². The first-order valence-electron chi connectivity index (χ1n) is 14.9. The largest absolute Gasteiger partial charge is 0.455 e. The molecule has 43 heavy (non-hydrogen) atoms. The Balaban J connectivity index is 0.00000329. The molecule has 7 bridgehead atoms. The van der Waals surface area contributed by atoms with Crippen LogP contribution in [0.4, 0.5) is 0 Å². The van der Waals surface area contributed by atoms with E-state index < -0.39 is 88.3 Å². The fourth-order valence-electron chi connectivity index (χ4n) is 11.8. The predicted octanol–water partition coefficient (Wildman–Crippen LogP) is 0.265. The van der Waals surface area contributed by atoms with Gasteiger partial charge >= 0.3 is 5.97 Å². The third kappa shape index (κ3) is 3.38. The summed E-state index contributed by atoms with van der Waals surface area (Å²) >= 11 is 0. The van der Waals surface area contributed by atoms with Crippen LogP contribution in [0.2, 0.25) is 0 Å². The number of aliphatic hydroxyl groups is 4. The van der Waals surface area contributed by atoms with Crippen LogP contribution in [0, 0.1) is 34.5 Å². The minimum absolute atomic E-state index is 0. The van der Waals surface area contributed by atoms with Gasteiger partial charge in [-0.05, 0) is 25.6 Å². The fraction of sp³-hybridized carbons (Fsp3) is 0.774. The molecule has 5 saturated carbocycles. The van der Waals surface area contributed by atoms with Gasteiger partial charge in [-0.25, -0.2) is 4.79 Å². The maximum absolute atomic E-state index is 13.5. The second-order valence-electron chi connectivity index (χ2n) is 13.6. The van der Waals surface area contributed by atoms with E-state index in [1.165, 1.54) is 7.11 Å². The minimum atomic E-state index is -2.18. The van der Waals surface area contributed by atoms with E-state index in [0.717, 1.165) is 0 Å². The average Bonchev–Trinajstić information content (AvgIpc) is 3.38. The Morgan fingerprint density at radius 3 is 2.26 bits per heavy atom. The number of carbonyl (C=O) groups is 1. The quantitative estimate of drug-likeness (QED) is 0.297. The summed E-state index contributed by atoms with van der Waals surface area (Å²) in [6.45, 7) is 0.718. The number of aliphatic hydroxyl groups excluding tert-OH is 2. The summed E-state index contributed by atoms with van der Waals surface area (Å²) in [7, 11) is 8.22. The molecule has 6 aliphatic rings. The highest BCUT2D eigenvalue weighted by Gasteiger charge is 2.93. The highest BCUT2D eigenvalue weighted by molar-refractivity contribution is 8.93. The topological polar surface area (TPSA) is 147 Å². The zero-order valence-corrected chi connectivity index (χ0v) is 26.9. The Labute approximate surface area is 262 Å². The molecule has 11 nitrogen and oxygen atoms in total. The molecule has 12 heteroatoms. The van der Waals surface area contributed by atoms with Gasteiger partial charge in [0.1, 0.15) is 23.4 Å². The van der Waals surface area contributed by atoms with Gasteiger partial charge in [0.05, 0.1) is 36.6 Å². The summed E-state index contributed by atoms with van der Waals surface area (Å²) in [6.07, 6.45) is -4.96. The zero-order valence-electron chi connectivity index (χ0n) is 25.2. The SMILES string of the molecule is Br.COCC12CN(C)[C@@H]3C4C(OC)[C@H]1C3(C(OC)CC2O)[C@@H]1C[C@H]2C(OC(=O)c3ccccc3)[C@]1(O)[C@]4(O)C(O)[C@@H]2OC. The third-order valence-electron chi connectivity index (χ3n) is 12.7. The monoisotopic (exact) mass is 669 g/mol. The summed E-state index contributed by atoms with van der Waals surface area (Å²) in [6, 6.07) is 8.16. The van der Waals surface area contributed by atoms with Crippen LogP contribution in [-0.2, 0) is 23.7 Å². The van der Waals surface area contributed by atoms with E-state index >= 15 is 0 Å². The molecule has 0 aromatic heterocycles. The Kier molecular flexibility index (Phi) is 7.70. The molecule has 1 spiro atoms. The smallest absolute Gasteiger partial charge is 0.338 e. The first-order valence-corrected chi connectivity index (χ1v) is 14.9. The minimum Gasteiger partial charge on any atom is -0.455 e. The van der Waals surface area contributed by atoms with E-state index in [1.807, 2.05) is 7.05 Å². The average molecular weight is 671 g/mol. The van der Waals surface area contributed by atoms with Crippen molar-refractivity contribution in [2.45, 2.75) is 66.7 Å². The lowest BCUT2D eigenvalue weighted by Gasteiger charge is -2.71. The number of hydrogen-bond acceptors (Lipinski definition) is 11. The number of nitrogens with zero attached hydrogens (tertiary/aromatic N) is 1. The lowest BCUT2D eigenvalue weighted by Crippen LogP contribution is -2.86. The van der Waals surface area contributed by atoms with Crippen LogP contribution in [0.1, 0.15) is 23.2 Å². The first-order chi connectivity index (χ1) is 20.0. The number of piperidine rings is 1. The van der Waals surface area contributed by atoms with Crippen molar-refractivity contribution in [1.82, 2.24) is 4.90 Å². The van der Waals surface area contributed by atoms with Crippen molar-refractivity contribution in [2.24, 2.45) is 34.5 Å². The number of rotatable bonds is 7. The molecule has 15 atom stereocenters. The van der Waals surface area contributed by atoms with Gasteiger partial charge in [0.15, 0.2) is 0 Å². The molecule has 8 unspecified atom stereocenters. The van der Waals surface area contributed by atoms with Crippen LogP contribution in [0.3, 0.4) is 0 Å². The van der Waals surface area contributed by atoms with Gasteiger partial charge in [0.2, 0.25) is 0 Å². The molecule has 1 heterocycles. The second kappa shape index (κ2) is 10.4. The van der Waals surface area contributed by atoms with Crippen molar-refractivity contribution in [3.63, 3.8) is 0 Å². The molecule has 1 saturated heterocycles. The summed E-state index contributed by atoms with van der Waals surface area (Å²) < 4.78 is 30.3. The van der Waals surface area contributed by atoms with E-state index in [9.17, 15) is 25.2 Å². The van der Waals surface area contributed by atoms with Crippen LogP contribution >= 0.6 is 17.0 Å². The third-order valence-corrected chi connectivity index (χ3v) is 12.7. The highest BCUT2D eigenvalue weighted by atomic mass is 79.9. The molecule has 4 N–H and O–H groups in total. The standard InChI is InChI=1S/C31H43NO10.BrH/c1-32-13-28(14-38-2)18(33)12-19(39-3)29-17-11-16-21(40-4)25(34)31(37,20(24(29)32)22(41-5)23(28)29)30(17,36)26(16)42-27(35)15-9-7-6-8-10-15;/h6-10,16-26,33-34,36-37H,11-14H2,1-5H3;1H/t16-,17+,18?,19?,20?,21-,22?,23-,24-,25?,26?,28?,29?,30+,31-;/m1./s1. The van der Waals surface area contributed by atoms with E-state index in [1.54, 1.807) is 51.7 Å². The molecule has 1 aliphatic heterocycles. The summed E-state index contributed by atoms with van der Waals surface area (Å²) in [5.41, 5.74) is -5.54. The highest BCUT2D eigenvalue weighted by Crippen LogP contribution is 2.80. The lowest BCUT2D eigenvalue weighted by atomic mass is 9.41. The van der Waals surface area contributed by atoms with Crippen LogP contribution in [0.5, 0.6) is 0 Å². The van der Waals surface area contributed by atoms with Crippen LogP contribution in [0.15, 0.2) is 30.3 Å². The lowest BCUT2D eigenvalue weighted by molar-refractivity contribution is -0.360. The van der Waals surface area contributed by atoms with Crippen molar-refractivity contribution >= 4 is 23.0 Å². The molecular weight excluding hydrogens is 626 g/mol. The summed E-state index contributed by atoms with van der Waals surface area (Å²) in [5, 5.41) is 50.1. The Morgan fingerprint density at radius 2 is 1.65 bits per heavy atom. The van der Waals surface area contributed by atoms with Gasteiger partial charge in [-0.2, -0.15) is 0 Å². The first kappa shape index (κ1) is 31.8. The van der Waals surface area contributed by atoms with E-state index in [0.29, 0.717) is 24.9 Å². The van der Waals surface area contributed by atoms with Crippen molar-refractivity contribution in [3.8, 4) is 0 Å². The van der Waals surface area contributed by atoms with Crippen molar-refractivity contribution < 1.29 is 48.9 Å². The van der Waals surface area contributed by atoms with Gasteiger partial charge in [0, 0.05) is 81.9 Å². The van der Waals surface area contributed by atoms with Crippen molar-refractivity contribution in [1.29, 1.82) is 0 Å². The predicted molar refractivity (Wildman–Crippen MR) is 157 cm³/mol. The van der Waals surface area contributed by atoms with Gasteiger partial charge < -0.3 is 49.0 Å². The Morgan fingerprint density at radius 1 is 0.977 bits per heavy atom. The number of benzene rings is 1. The Hall–Kier alpha value is -1.19. The molecule has 6 fully saturated rings. The molecule has 0 amide bonds. The molecule has 240 valence electrons. The summed E-state index contributed by atoms with van der Waals surface area (Å²) in [5.74, 6) is -3.14. The maximum atomic E-state index is 13.5. The van der Waals surface area contributed by atoms with E-state index in [2.05, 4.69) is 4.90 Å². The van der Waals surface area contributed by atoms with Crippen LogP contribution in [0.25, 0.3) is 0 Å². The molecule has 0 radical (unpaired) electrons. The zero-order chi connectivity index (χ0) is 30.0. The summed E-state index contributed by atoms with van der Waals surface area (Å²) in [4.78, 5) is 15.6. The number of likely N-dealkylation sites (tertiary alicyclic amines) is 1. The molecule has 7 rings (SSSR count). The number of hydrogen-bond donors (Lipinski definition) is 4. The van der Waals surface area contributed by atoms with E-state index in [-0.39, 0.29) is 29.6 Å². The van der Waals surface area contributed by atoms with Gasteiger partial charge in [-0.1, -0.05) is 18.2 Å². The Bertz CT molecular complexity index is 1240. The van der Waals surface area contributed by atoms with E-state index in [4.69, 9.17) is 23.7 Å². The molecular formula is C31H44BrNO10. The number of halogens is 1. The fourth-order valence-corrected chi connectivity index (χ4v) is 11.8. The van der Waals surface area contributed by atoms with Crippen molar-refractivity contribution in [2.75, 3.05) is 48.6 Å². The van der Waals surface area contributed by atoms with Gasteiger partial charge in [0.25, 0.3) is 0 Å². The number of ether oxygens (including phenoxy) is 5. The van der Waals surface area contributed by atoms with Gasteiger partial charge in [-0.3, -0.25) is 0 Å². The number of methoxy groups -OCH3 is 4. The van der Waals surface area contributed by atoms with Crippen LogP contribution < -0.4 is 0 Å². The molecule has 1 aromatic rings. The van der Waals surface area contributed by atoms with Crippen molar-refractivity contribution in [3.05, 3.63) is 35.9 Å². The number of carbonyl (C=O) groups excluding carboxylic acids is 1. The number of fused-ring (bicyclic) bond motifs is 2. The number of esters is 1. The normalized spacial score (nSPS) is 52.4.